The fourth-order valence-corrected chi connectivity index (χ4v) is 2.18. The summed E-state index contributed by atoms with van der Waals surface area (Å²) in [6.45, 7) is 2.13. The van der Waals surface area contributed by atoms with E-state index in [2.05, 4.69) is 14.9 Å². The maximum Gasteiger partial charge on any atom is 0.142 e. The monoisotopic (exact) mass is 232 g/mol. The molecule has 0 aromatic heterocycles. The van der Waals surface area contributed by atoms with Gasteiger partial charge in [-0.05, 0) is 36.9 Å². The van der Waals surface area contributed by atoms with E-state index in [1.807, 2.05) is 12.1 Å². The van der Waals surface area contributed by atoms with Crippen molar-refractivity contribution in [1.82, 2.24) is 0 Å². The first-order valence-corrected chi connectivity index (χ1v) is 5.83. The van der Waals surface area contributed by atoms with Crippen LogP contribution in [0.5, 0.6) is 5.75 Å². The van der Waals surface area contributed by atoms with Crippen LogP contribution in [0.4, 0.5) is 11.4 Å². The maximum absolute atomic E-state index is 8.41. The lowest BCUT2D eigenvalue weighted by Crippen LogP contribution is -2.29. The highest BCUT2D eigenvalue weighted by atomic mass is 16.5. The highest BCUT2D eigenvalue weighted by molar-refractivity contribution is 5.63. The molecule has 2 rings (SSSR count). The Balaban J connectivity index is 2.29. The minimum absolute atomic E-state index is 0.588. The summed E-state index contributed by atoms with van der Waals surface area (Å²) >= 11 is 0. The van der Waals surface area contributed by atoms with Crippen LogP contribution in [-0.4, -0.2) is 20.2 Å². The first-order valence-electron chi connectivity index (χ1n) is 5.83. The second-order valence-corrected chi connectivity index (χ2v) is 4.09. The number of ether oxygens (including phenoxy) is 1. The molecule has 0 unspecified atom stereocenters. The number of benzene rings is 1. The summed E-state index contributed by atoms with van der Waals surface area (Å²) in [5.41, 5.74) is 10.1. The molecule has 0 bridgehead atoms. The molecule has 1 aromatic carbocycles. The Morgan fingerprint density at radius 2 is 2.06 bits per heavy atom. The van der Waals surface area contributed by atoms with Crippen molar-refractivity contribution in [2.45, 2.75) is 19.3 Å². The molecule has 0 radical (unpaired) electrons. The van der Waals surface area contributed by atoms with Crippen molar-refractivity contribution in [2.24, 2.45) is 5.11 Å². The standard InChI is InChI=1S/C12H16N4O/c1-17-12-9-10(14-15-13)5-6-11(12)16-7-3-2-4-8-16/h5-6,9H,2-4,7-8H2,1H3. The van der Waals surface area contributed by atoms with Crippen molar-refractivity contribution in [3.63, 3.8) is 0 Å². The Labute approximate surface area is 101 Å². The second kappa shape index (κ2) is 5.46. The maximum atomic E-state index is 8.41. The van der Waals surface area contributed by atoms with E-state index >= 15 is 0 Å². The number of hydrogen-bond acceptors (Lipinski definition) is 3. The molecule has 1 aliphatic heterocycles. The molecule has 0 atom stereocenters. The van der Waals surface area contributed by atoms with Crippen LogP contribution in [0.1, 0.15) is 19.3 Å². The zero-order valence-corrected chi connectivity index (χ0v) is 9.96. The van der Waals surface area contributed by atoms with Gasteiger partial charge in [0.15, 0.2) is 0 Å². The Bertz CT molecular complexity index is 434. The summed E-state index contributed by atoms with van der Waals surface area (Å²) in [5, 5.41) is 3.58. The number of methoxy groups -OCH3 is 1. The van der Waals surface area contributed by atoms with Gasteiger partial charge in [0, 0.05) is 23.7 Å². The van der Waals surface area contributed by atoms with Crippen molar-refractivity contribution in [3.05, 3.63) is 28.6 Å². The average molecular weight is 232 g/mol. The summed E-state index contributed by atoms with van der Waals surface area (Å²) in [6.07, 6.45) is 3.75. The zero-order valence-electron chi connectivity index (χ0n) is 9.96. The average Bonchev–Trinajstić information content (AvgIpc) is 2.40. The summed E-state index contributed by atoms with van der Waals surface area (Å²) in [4.78, 5) is 5.10. The lowest BCUT2D eigenvalue weighted by atomic mass is 10.1. The summed E-state index contributed by atoms with van der Waals surface area (Å²) in [5.74, 6) is 0.775. The molecule has 5 heteroatoms. The lowest BCUT2D eigenvalue weighted by Gasteiger charge is -2.30. The smallest absolute Gasteiger partial charge is 0.142 e. The quantitative estimate of drug-likeness (QED) is 0.454. The highest BCUT2D eigenvalue weighted by Crippen LogP contribution is 2.33. The second-order valence-electron chi connectivity index (χ2n) is 4.09. The summed E-state index contributed by atoms with van der Waals surface area (Å²) in [6, 6.07) is 5.57. The van der Waals surface area contributed by atoms with Crippen LogP contribution < -0.4 is 9.64 Å². The van der Waals surface area contributed by atoms with Gasteiger partial charge in [0.2, 0.25) is 0 Å². The Morgan fingerprint density at radius 1 is 1.29 bits per heavy atom. The summed E-state index contributed by atoms with van der Waals surface area (Å²) in [7, 11) is 1.64. The van der Waals surface area contributed by atoms with Gasteiger partial charge in [0.25, 0.3) is 0 Å². The van der Waals surface area contributed by atoms with Crippen molar-refractivity contribution < 1.29 is 4.74 Å². The molecule has 17 heavy (non-hydrogen) atoms. The van der Waals surface area contributed by atoms with Crippen molar-refractivity contribution in [1.29, 1.82) is 0 Å². The topological polar surface area (TPSA) is 61.2 Å². The summed E-state index contributed by atoms with van der Waals surface area (Å²) < 4.78 is 5.36. The van der Waals surface area contributed by atoms with E-state index in [1.165, 1.54) is 19.3 Å². The van der Waals surface area contributed by atoms with Crippen molar-refractivity contribution in [2.75, 3.05) is 25.1 Å². The molecule has 0 amide bonds. The van der Waals surface area contributed by atoms with Crippen LogP contribution in [0, 0.1) is 0 Å². The Hall–Kier alpha value is -1.87. The largest absolute Gasteiger partial charge is 0.495 e. The Morgan fingerprint density at radius 3 is 2.71 bits per heavy atom. The van der Waals surface area contributed by atoms with Gasteiger partial charge in [-0.1, -0.05) is 11.2 Å². The van der Waals surface area contributed by atoms with Crippen LogP contribution >= 0.6 is 0 Å². The molecule has 5 nitrogen and oxygen atoms in total. The van der Waals surface area contributed by atoms with Crippen LogP contribution in [0.3, 0.4) is 0 Å². The number of rotatable bonds is 3. The van der Waals surface area contributed by atoms with E-state index in [1.54, 1.807) is 13.2 Å². The van der Waals surface area contributed by atoms with E-state index in [4.69, 9.17) is 10.3 Å². The highest BCUT2D eigenvalue weighted by Gasteiger charge is 2.15. The lowest BCUT2D eigenvalue weighted by molar-refractivity contribution is 0.413. The van der Waals surface area contributed by atoms with Gasteiger partial charge in [0.05, 0.1) is 12.8 Å². The third-order valence-electron chi connectivity index (χ3n) is 3.02. The number of nitrogens with zero attached hydrogens (tertiary/aromatic N) is 4. The molecular weight excluding hydrogens is 216 g/mol. The first kappa shape index (κ1) is 11.6. The molecule has 90 valence electrons. The van der Waals surface area contributed by atoms with Gasteiger partial charge in [-0.3, -0.25) is 0 Å². The molecular formula is C12H16N4O. The van der Waals surface area contributed by atoms with Gasteiger partial charge < -0.3 is 9.64 Å². The normalized spacial score (nSPS) is 15.2. The van der Waals surface area contributed by atoms with Crippen LogP contribution in [0.2, 0.25) is 0 Å². The van der Waals surface area contributed by atoms with Gasteiger partial charge in [-0.25, -0.2) is 0 Å². The molecule has 1 aliphatic rings. The minimum Gasteiger partial charge on any atom is -0.495 e. The van der Waals surface area contributed by atoms with E-state index in [-0.39, 0.29) is 0 Å². The molecule has 1 fully saturated rings. The fourth-order valence-electron chi connectivity index (χ4n) is 2.18. The number of piperidine rings is 1. The van der Waals surface area contributed by atoms with E-state index in [0.29, 0.717) is 5.69 Å². The SMILES string of the molecule is COc1cc(N=[N+]=[N-])ccc1N1CCCCC1. The third-order valence-corrected chi connectivity index (χ3v) is 3.02. The molecule has 0 aliphatic carbocycles. The van der Waals surface area contributed by atoms with Crippen LogP contribution in [0.15, 0.2) is 23.3 Å². The van der Waals surface area contributed by atoms with Gasteiger partial charge in [-0.15, -0.1) is 0 Å². The molecule has 0 N–H and O–H groups in total. The molecule has 1 saturated heterocycles. The van der Waals surface area contributed by atoms with Gasteiger partial charge in [-0.2, -0.15) is 0 Å². The van der Waals surface area contributed by atoms with Crippen molar-refractivity contribution >= 4 is 11.4 Å². The Kier molecular flexibility index (Phi) is 3.73. The molecule has 0 spiro atoms. The zero-order chi connectivity index (χ0) is 12.1. The molecule has 0 saturated carbocycles. The van der Waals surface area contributed by atoms with E-state index < -0.39 is 0 Å². The fraction of sp³-hybridized carbons (Fsp3) is 0.500. The van der Waals surface area contributed by atoms with Gasteiger partial charge >= 0.3 is 0 Å². The van der Waals surface area contributed by atoms with E-state index in [9.17, 15) is 0 Å². The first-order chi connectivity index (χ1) is 8.35. The number of azide groups is 1. The van der Waals surface area contributed by atoms with Crippen molar-refractivity contribution in [3.8, 4) is 5.75 Å². The van der Waals surface area contributed by atoms with Gasteiger partial charge in [0.1, 0.15) is 5.75 Å². The molecule has 1 aromatic rings. The number of hydrogen-bond donors (Lipinski definition) is 0. The predicted molar refractivity (Wildman–Crippen MR) is 67.9 cm³/mol. The van der Waals surface area contributed by atoms with E-state index in [0.717, 1.165) is 24.5 Å². The third kappa shape index (κ3) is 2.63. The van der Waals surface area contributed by atoms with Crippen LogP contribution in [-0.2, 0) is 0 Å². The number of anilines is 1. The van der Waals surface area contributed by atoms with Crippen LogP contribution in [0.25, 0.3) is 10.4 Å². The molecule has 1 heterocycles. The predicted octanol–water partition coefficient (Wildman–Crippen LogP) is 3.63. The minimum atomic E-state index is 0.588.